The summed E-state index contributed by atoms with van der Waals surface area (Å²) in [6, 6.07) is 8.27. The van der Waals surface area contributed by atoms with Gasteiger partial charge in [-0.15, -0.1) is 0 Å². The smallest absolute Gasteiger partial charge is 0.328 e. The standard InChI is InChI=1S/C27H29FN4O3/c1-17-6-4-3-5-13-31(17)26(35)22-15-23(27(2)11-12-27)32-24(29-22)16-21(30-32)19-9-7-18(14-20(19)28)8-10-25(33)34/h7-10,14-17H,3-6,11-13H2,1-2H3,(H,33,34)/b10-8+/t17-/m1/s1. The molecule has 2 aromatic heterocycles. The van der Waals surface area contributed by atoms with E-state index >= 15 is 0 Å². The zero-order chi connectivity index (χ0) is 24.7. The average molecular weight is 477 g/mol. The number of carbonyl (C=O) groups excluding carboxylic acids is 1. The summed E-state index contributed by atoms with van der Waals surface area (Å²) in [5, 5.41) is 13.5. The number of amides is 1. The number of hydrogen-bond donors (Lipinski definition) is 1. The Balaban J connectivity index is 1.56. The zero-order valence-corrected chi connectivity index (χ0v) is 20.0. The summed E-state index contributed by atoms with van der Waals surface area (Å²) >= 11 is 0. The molecule has 8 heteroatoms. The van der Waals surface area contributed by atoms with Crippen LogP contribution in [0, 0.1) is 5.82 Å². The molecule has 3 aromatic rings. The Morgan fingerprint density at radius 3 is 2.69 bits per heavy atom. The fourth-order valence-electron chi connectivity index (χ4n) is 4.82. The van der Waals surface area contributed by atoms with Crippen LogP contribution in [0.5, 0.6) is 0 Å². The third kappa shape index (κ3) is 4.57. The SMILES string of the molecule is C[C@@H]1CCCCCN1C(=O)c1cc(C2(C)CC2)n2nc(-c3ccc(/C=C/C(=O)O)cc3F)cc2n1. The van der Waals surface area contributed by atoms with Gasteiger partial charge in [0, 0.05) is 35.7 Å². The van der Waals surface area contributed by atoms with Crippen LogP contribution in [0.1, 0.15) is 74.1 Å². The molecule has 0 spiro atoms. The van der Waals surface area contributed by atoms with Gasteiger partial charge in [-0.3, -0.25) is 4.79 Å². The first kappa shape index (κ1) is 23.2. The van der Waals surface area contributed by atoms with Gasteiger partial charge >= 0.3 is 5.97 Å². The second kappa shape index (κ2) is 8.91. The molecule has 1 N–H and O–H groups in total. The molecule has 1 atom stereocenters. The monoisotopic (exact) mass is 476 g/mol. The van der Waals surface area contributed by atoms with E-state index in [1.807, 2.05) is 11.0 Å². The van der Waals surface area contributed by atoms with Gasteiger partial charge in [-0.2, -0.15) is 5.10 Å². The van der Waals surface area contributed by atoms with Crippen molar-refractivity contribution in [1.29, 1.82) is 0 Å². The Morgan fingerprint density at radius 1 is 1.17 bits per heavy atom. The molecular weight excluding hydrogens is 447 g/mol. The predicted octanol–water partition coefficient (Wildman–Crippen LogP) is 5.09. The molecule has 3 heterocycles. The molecule has 1 saturated heterocycles. The second-order valence-electron chi connectivity index (χ2n) is 9.99. The van der Waals surface area contributed by atoms with E-state index in [-0.39, 0.29) is 17.4 Å². The van der Waals surface area contributed by atoms with Crippen LogP contribution in [0.25, 0.3) is 23.0 Å². The zero-order valence-electron chi connectivity index (χ0n) is 20.0. The molecule has 2 aliphatic rings. The number of nitrogens with zero attached hydrogens (tertiary/aromatic N) is 4. The fraction of sp³-hybridized carbons (Fsp3) is 0.407. The summed E-state index contributed by atoms with van der Waals surface area (Å²) in [4.78, 5) is 30.9. The number of carbonyl (C=O) groups is 2. The van der Waals surface area contributed by atoms with Crippen LogP contribution in [0.3, 0.4) is 0 Å². The Labute approximate surface area is 203 Å². The number of rotatable bonds is 5. The van der Waals surface area contributed by atoms with Gasteiger partial charge in [0.2, 0.25) is 0 Å². The summed E-state index contributed by atoms with van der Waals surface area (Å²) in [5.74, 6) is -1.66. The number of carboxylic acid groups (broad SMARTS) is 1. The molecule has 1 aliphatic carbocycles. The maximum Gasteiger partial charge on any atom is 0.328 e. The third-order valence-corrected chi connectivity index (χ3v) is 7.27. The number of benzene rings is 1. The highest BCUT2D eigenvalue weighted by Gasteiger charge is 2.42. The van der Waals surface area contributed by atoms with E-state index in [0.717, 1.165) is 56.8 Å². The Morgan fingerprint density at radius 2 is 1.97 bits per heavy atom. The van der Waals surface area contributed by atoms with Gasteiger partial charge < -0.3 is 10.0 Å². The lowest BCUT2D eigenvalue weighted by Crippen LogP contribution is -2.39. The predicted molar refractivity (Wildman–Crippen MR) is 131 cm³/mol. The lowest BCUT2D eigenvalue weighted by molar-refractivity contribution is -0.131. The van der Waals surface area contributed by atoms with E-state index in [4.69, 9.17) is 5.11 Å². The summed E-state index contributed by atoms with van der Waals surface area (Å²) < 4.78 is 16.7. The van der Waals surface area contributed by atoms with Crippen molar-refractivity contribution in [2.75, 3.05) is 6.54 Å². The van der Waals surface area contributed by atoms with Gasteiger partial charge in [0.1, 0.15) is 11.5 Å². The van der Waals surface area contributed by atoms with E-state index < -0.39 is 11.8 Å². The van der Waals surface area contributed by atoms with E-state index in [0.29, 0.717) is 28.2 Å². The minimum Gasteiger partial charge on any atom is -0.478 e. The van der Waals surface area contributed by atoms with Crippen molar-refractivity contribution in [3.05, 3.63) is 59.2 Å². The Kier molecular flexibility index (Phi) is 5.91. The molecule has 7 nitrogen and oxygen atoms in total. The van der Waals surface area contributed by atoms with Crippen LogP contribution in [-0.2, 0) is 10.2 Å². The van der Waals surface area contributed by atoms with Crippen molar-refractivity contribution in [3.8, 4) is 11.3 Å². The normalized spacial score (nSPS) is 19.7. The van der Waals surface area contributed by atoms with Gasteiger partial charge in [0.05, 0.1) is 11.4 Å². The molecule has 35 heavy (non-hydrogen) atoms. The van der Waals surface area contributed by atoms with Crippen molar-refractivity contribution < 1.29 is 19.1 Å². The summed E-state index contributed by atoms with van der Waals surface area (Å²) in [6.07, 6.45) is 8.55. The first-order valence-corrected chi connectivity index (χ1v) is 12.2. The maximum atomic E-state index is 15.0. The molecule has 0 unspecified atom stereocenters. The van der Waals surface area contributed by atoms with Gasteiger partial charge in [-0.1, -0.05) is 25.8 Å². The van der Waals surface area contributed by atoms with Gasteiger partial charge in [0.15, 0.2) is 5.65 Å². The van der Waals surface area contributed by atoms with Crippen LogP contribution in [0.4, 0.5) is 4.39 Å². The highest BCUT2D eigenvalue weighted by Crippen LogP contribution is 2.47. The largest absolute Gasteiger partial charge is 0.478 e. The van der Waals surface area contributed by atoms with Crippen molar-refractivity contribution in [2.24, 2.45) is 0 Å². The number of hydrogen-bond acceptors (Lipinski definition) is 4. The third-order valence-electron chi connectivity index (χ3n) is 7.27. The number of aliphatic carboxylic acids is 1. The number of aromatic nitrogens is 3. The van der Waals surface area contributed by atoms with Gasteiger partial charge in [-0.05, 0) is 62.4 Å². The van der Waals surface area contributed by atoms with E-state index in [9.17, 15) is 14.0 Å². The number of fused-ring (bicyclic) bond motifs is 1. The van der Waals surface area contributed by atoms with Crippen LogP contribution in [0.2, 0.25) is 0 Å². The highest BCUT2D eigenvalue weighted by atomic mass is 19.1. The minimum atomic E-state index is -1.10. The van der Waals surface area contributed by atoms with Crippen LogP contribution in [-0.4, -0.2) is 49.1 Å². The molecule has 2 fully saturated rings. The van der Waals surface area contributed by atoms with Crippen molar-refractivity contribution >= 4 is 23.6 Å². The Bertz CT molecular complexity index is 1340. The second-order valence-corrected chi connectivity index (χ2v) is 9.99. The molecule has 182 valence electrons. The minimum absolute atomic E-state index is 0.0594. The quantitative estimate of drug-likeness (QED) is 0.519. The van der Waals surface area contributed by atoms with Crippen molar-refractivity contribution in [3.63, 3.8) is 0 Å². The molecule has 1 aliphatic heterocycles. The first-order valence-electron chi connectivity index (χ1n) is 12.2. The van der Waals surface area contributed by atoms with Crippen LogP contribution < -0.4 is 0 Å². The highest BCUT2D eigenvalue weighted by molar-refractivity contribution is 5.93. The fourth-order valence-corrected chi connectivity index (χ4v) is 4.82. The molecule has 1 aromatic carbocycles. The van der Waals surface area contributed by atoms with Gasteiger partial charge in [0.25, 0.3) is 5.91 Å². The number of carboxylic acids is 1. The molecule has 0 bridgehead atoms. The lowest BCUT2D eigenvalue weighted by Gasteiger charge is -2.27. The van der Waals surface area contributed by atoms with Crippen molar-refractivity contribution in [1.82, 2.24) is 19.5 Å². The van der Waals surface area contributed by atoms with Crippen LogP contribution in [0.15, 0.2) is 36.4 Å². The molecule has 1 amide bonds. The maximum absolute atomic E-state index is 15.0. The first-order chi connectivity index (χ1) is 16.7. The molecule has 1 saturated carbocycles. The Hall–Kier alpha value is -3.55. The topological polar surface area (TPSA) is 87.8 Å². The van der Waals surface area contributed by atoms with E-state index in [1.54, 1.807) is 22.7 Å². The van der Waals surface area contributed by atoms with Crippen molar-refractivity contribution in [2.45, 2.75) is 63.8 Å². The van der Waals surface area contributed by atoms with E-state index in [2.05, 4.69) is 23.9 Å². The van der Waals surface area contributed by atoms with Gasteiger partial charge in [-0.25, -0.2) is 18.7 Å². The summed E-state index contributed by atoms with van der Waals surface area (Å²) in [5.41, 5.74) is 2.92. The lowest BCUT2D eigenvalue weighted by atomic mass is 10.0. The molecular formula is C27H29FN4O3. The average Bonchev–Trinajstić information content (AvgIpc) is 3.49. The summed E-state index contributed by atoms with van der Waals surface area (Å²) in [7, 11) is 0. The molecule has 0 radical (unpaired) electrons. The van der Waals surface area contributed by atoms with Crippen LogP contribution >= 0.6 is 0 Å². The number of likely N-dealkylation sites (tertiary alicyclic amines) is 1. The molecule has 5 rings (SSSR count). The van der Waals surface area contributed by atoms with E-state index in [1.165, 1.54) is 12.1 Å². The summed E-state index contributed by atoms with van der Waals surface area (Å²) in [6.45, 7) is 4.98. The number of halogens is 1.